The third kappa shape index (κ3) is 4.87. The second kappa shape index (κ2) is 8.10. The number of morpholine rings is 1. The van der Waals surface area contributed by atoms with Crippen LogP contribution in [0.2, 0.25) is 0 Å². The van der Waals surface area contributed by atoms with Crippen LogP contribution in [0.1, 0.15) is 21.5 Å². The summed E-state index contributed by atoms with van der Waals surface area (Å²) in [5.41, 5.74) is 3.04. The molecule has 6 nitrogen and oxygen atoms in total. The molecular formula is C20H24N2O4S. The SMILES string of the molecule is Cc1cccc(N(Cc2ccc(C(=O)N3CCOCC3)cc2)S(C)(=O)=O)c1. The number of carbonyl (C=O) groups is 1. The largest absolute Gasteiger partial charge is 0.378 e. The van der Waals surface area contributed by atoms with E-state index in [1.807, 2.05) is 37.3 Å². The molecule has 27 heavy (non-hydrogen) atoms. The topological polar surface area (TPSA) is 66.9 Å². The number of aryl methyl sites for hydroxylation is 1. The number of carbonyl (C=O) groups excluding carboxylic acids is 1. The summed E-state index contributed by atoms with van der Waals surface area (Å²) in [4.78, 5) is 14.3. The molecule has 2 aromatic rings. The lowest BCUT2D eigenvalue weighted by atomic mass is 10.1. The Kier molecular flexibility index (Phi) is 5.82. The number of ether oxygens (including phenoxy) is 1. The molecule has 1 saturated heterocycles. The number of amides is 1. The number of anilines is 1. The van der Waals surface area contributed by atoms with Crippen LogP contribution < -0.4 is 4.31 Å². The highest BCUT2D eigenvalue weighted by Crippen LogP contribution is 2.22. The Morgan fingerprint density at radius 2 is 1.78 bits per heavy atom. The summed E-state index contributed by atoms with van der Waals surface area (Å²) in [6, 6.07) is 14.5. The van der Waals surface area contributed by atoms with Gasteiger partial charge in [-0.25, -0.2) is 8.42 Å². The average molecular weight is 388 g/mol. The van der Waals surface area contributed by atoms with Gasteiger partial charge in [0.25, 0.3) is 5.91 Å². The zero-order chi connectivity index (χ0) is 19.4. The molecule has 1 fully saturated rings. The van der Waals surface area contributed by atoms with Crippen LogP contribution >= 0.6 is 0 Å². The predicted molar refractivity (Wildman–Crippen MR) is 105 cm³/mol. The Hall–Kier alpha value is -2.38. The Labute approximate surface area is 160 Å². The molecule has 1 heterocycles. The molecule has 0 spiro atoms. The number of nitrogens with zero attached hydrogens (tertiary/aromatic N) is 2. The van der Waals surface area contributed by atoms with Crippen molar-refractivity contribution in [2.24, 2.45) is 0 Å². The lowest BCUT2D eigenvalue weighted by Crippen LogP contribution is -2.40. The molecule has 1 amide bonds. The van der Waals surface area contributed by atoms with Gasteiger partial charge in [0.1, 0.15) is 0 Å². The maximum atomic E-state index is 12.5. The fourth-order valence-electron chi connectivity index (χ4n) is 3.05. The minimum absolute atomic E-state index is 0.0245. The van der Waals surface area contributed by atoms with Crippen molar-refractivity contribution in [3.8, 4) is 0 Å². The molecule has 7 heteroatoms. The van der Waals surface area contributed by atoms with Crippen molar-refractivity contribution in [3.05, 3.63) is 65.2 Å². The van der Waals surface area contributed by atoms with Crippen molar-refractivity contribution in [2.45, 2.75) is 13.5 Å². The van der Waals surface area contributed by atoms with Crippen LogP contribution in [-0.2, 0) is 21.3 Å². The summed E-state index contributed by atoms with van der Waals surface area (Å²) >= 11 is 0. The molecule has 0 atom stereocenters. The van der Waals surface area contributed by atoms with Gasteiger partial charge in [0, 0.05) is 18.7 Å². The monoisotopic (exact) mass is 388 g/mol. The minimum Gasteiger partial charge on any atom is -0.378 e. The fourth-order valence-corrected chi connectivity index (χ4v) is 3.93. The lowest BCUT2D eigenvalue weighted by Gasteiger charge is -2.27. The Balaban J connectivity index is 1.78. The highest BCUT2D eigenvalue weighted by molar-refractivity contribution is 7.92. The van der Waals surface area contributed by atoms with E-state index < -0.39 is 10.0 Å². The van der Waals surface area contributed by atoms with Gasteiger partial charge in [-0.1, -0.05) is 24.3 Å². The quantitative estimate of drug-likeness (QED) is 0.789. The first-order valence-corrected chi connectivity index (χ1v) is 10.7. The van der Waals surface area contributed by atoms with Gasteiger partial charge in [-0.15, -0.1) is 0 Å². The van der Waals surface area contributed by atoms with Crippen molar-refractivity contribution in [1.82, 2.24) is 4.90 Å². The molecule has 0 N–H and O–H groups in total. The molecule has 0 radical (unpaired) electrons. The van der Waals surface area contributed by atoms with Gasteiger partial charge >= 0.3 is 0 Å². The second-order valence-corrected chi connectivity index (χ2v) is 8.62. The second-order valence-electron chi connectivity index (χ2n) is 6.71. The third-order valence-electron chi connectivity index (χ3n) is 4.52. The summed E-state index contributed by atoms with van der Waals surface area (Å²) in [5.74, 6) is -0.0245. The standard InChI is InChI=1S/C20H24N2O4S/c1-16-4-3-5-19(14-16)22(27(2,24)25)15-17-6-8-18(9-7-17)20(23)21-10-12-26-13-11-21/h3-9,14H,10-13,15H2,1-2H3. The van der Waals surface area contributed by atoms with E-state index in [9.17, 15) is 13.2 Å². The van der Waals surface area contributed by atoms with E-state index in [4.69, 9.17) is 4.74 Å². The number of sulfonamides is 1. The van der Waals surface area contributed by atoms with E-state index >= 15 is 0 Å². The first-order chi connectivity index (χ1) is 12.8. The molecule has 0 bridgehead atoms. The third-order valence-corrected chi connectivity index (χ3v) is 5.66. The lowest BCUT2D eigenvalue weighted by molar-refractivity contribution is 0.0303. The van der Waals surface area contributed by atoms with Crippen molar-refractivity contribution in [3.63, 3.8) is 0 Å². The first-order valence-electron chi connectivity index (χ1n) is 8.85. The summed E-state index contributed by atoms with van der Waals surface area (Å²) in [6.45, 7) is 4.45. The first kappa shape index (κ1) is 19.4. The number of hydrogen-bond acceptors (Lipinski definition) is 4. The molecule has 144 valence electrons. The molecule has 0 aromatic heterocycles. The molecule has 1 aliphatic heterocycles. The van der Waals surface area contributed by atoms with Crippen molar-refractivity contribution < 1.29 is 17.9 Å². The van der Waals surface area contributed by atoms with E-state index in [1.165, 1.54) is 10.6 Å². The molecule has 3 rings (SSSR count). The maximum Gasteiger partial charge on any atom is 0.254 e. The zero-order valence-corrected chi connectivity index (χ0v) is 16.4. The molecule has 2 aromatic carbocycles. The van der Waals surface area contributed by atoms with E-state index in [0.717, 1.165) is 11.1 Å². The van der Waals surface area contributed by atoms with Crippen LogP contribution in [0.15, 0.2) is 48.5 Å². The highest BCUT2D eigenvalue weighted by Gasteiger charge is 2.20. The molecular weight excluding hydrogens is 364 g/mol. The Morgan fingerprint density at radius 3 is 2.37 bits per heavy atom. The zero-order valence-electron chi connectivity index (χ0n) is 15.6. The van der Waals surface area contributed by atoms with Crippen LogP contribution in [0.3, 0.4) is 0 Å². The van der Waals surface area contributed by atoms with Crippen molar-refractivity contribution in [1.29, 1.82) is 0 Å². The molecule has 0 unspecified atom stereocenters. The van der Waals surface area contributed by atoms with E-state index in [2.05, 4.69) is 0 Å². The molecule has 0 saturated carbocycles. The summed E-state index contributed by atoms with van der Waals surface area (Å²) < 4.78 is 31.2. The number of hydrogen-bond donors (Lipinski definition) is 0. The number of rotatable bonds is 5. The van der Waals surface area contributed by atoms with Crippen molar-refractivity contribution >= 4 is 21.6 Å². The van der Waals surface area contributed by atoms with Gasteiger partial charge in [-0.05, 0) is 42.3 Å². The fraction of sp³-hybridized carbons (Fsp3) is 0.350. The summed E-state index contributed by atoms with van der Waals surface area (Å²) in [6.07, 6.45) is 1.20. The van der Waals surface area contributed by atoms with Crippen LogP contribution in [0.5, 0.6) is 0 Å². The average Bonchev–Trinajstić information content (AvgIpc) is 2.66. The number of benzene rings is 2. The normalized spacial score (nSPS) is 14.8. The predicted octanol–water partition coefficient (Wildman–Crippen LogP) is 2.43. The summed E-state index contributed by atoms with van der Waals surface area (Å²) in [7, 11) is -3.43. The maximum absolute atomic E-state index is 12.5. The van der Waals surface area contributed by atoms with E-state index in [1.54, 1.807) is 23.1 Å². The summed E-state index contributed by atoms with van der Waals surface area (Å²) in [5, 5.41) is 0. The Bertz CT molecular complexity index is 904. The van der Waals surface area contributed by atoms with Crippen LogP contribution in [-0.4, -0.2) is 51.8 Å². The van der Waals surface area contributed by atoms with Gasteiger partial charge in [-0.2, -0.15) is 0 Å². The molecule has 0 aliphatic carbocycles. The van der Waals surface area contributed by atoms with Crippen LogP contribution in [0, 0.1) is 6.92 Å². The smallest absolute Gasteiger partial charge is 0.254 e. The van der Waals surface area contributed by atoms with Gasteiger partial charge in [0.15, 0.2) is 0 Å². The van der Waals surface area contributed by atoms with E-state index in [-0.39, 0.29) is 12.5 Å². The van der Waals surface area contributed by atoms with Gasteiger partial charge in [0.2, 0.25) is 10.0 Å². The minimum atomic E-state index is -3.43. The van der Waals surface area contributed by atoms with Crippen molar-refractivity contribution in [2.75, 3.05) is 36.9 Å². The van der Waals surface area contributed by atoms with Gasteiger partial charge in [-0.3, -0.25) is 9.10 Å². The van der Waals surface area contributed by atoms with E-state index in [0.29, 0.717) is 37.6 Å². The molecule has 1 aliphatic rings. The van der Waals surface area contributed by atoms with Gasteiger partial charge in [0.05, 0.1) is 31.7 Å². The Morgan fingerprint density at radius 1 is 1.11 bits per heavy atom. The highest BCUT2D eigenvalue weighted by atomic mass is 32.2. The van der Waals surface area contributed by atoms with Gasteiger partial charge < -0.3 is 9.64 Å². The van der Waals surface area contributed by atoms with Crippen LogP contribution in [0.25, 0.3) is 0 Å². The van der Waals surface area contributed by atoms with Crippen LogP contribution in [0.4, 0.5) is 5.69 Å².